The molecule has 0 unspecified atom stereocenters. The number of rotatable bonds is 5. The van der Waals surface area contributed by atoms with Crippen LogP contribution in [0.1, 0.15) is 37.0 Å². The molecular weight excluding hydrogens is 240 g/mol. The minimum absolute atomic E-state index is 0.404. The second kappa shape index (κ2) is 5.77. The van der Waals surface area contributed by atoms with E-state index >= 15 is 0 Å². The van der Waals surface area contributed by atoms with E-state index in [1.54, 1.807) is 6.33 Å². The Labute approximate surface area is 113 Å². The number of aromatic nitrogens is 5. The SMILES string of the molecule is Cc1cc(C(C)C)nc(NCCc2nncn2C)n1. The highest BCUT2D eigenvalue weighted by Gasteiger charge is 2.06. The Bertz CT molecular complexity index is 546. The molecule has 6 heteroatoms. The first kappa shape index (κ1) is 13.5. The van der Waals surface area contributed by atoms with E-state index in [1.807, 2.05) is 24.6 Å². The highest BCUT2D eigenvalue weighted by Crippen LogP contribution is 2.14. The van der Waals surface area contributed by atoms with Gasteiger partial charge in [-0.05, 0) is 18.9 Å². The third-order valence-electron chi connectivity index (χ3n) is 2.90. The molecule has 0 atom stereocenters. The van der Waals surface area contributed by atoms with Crippen molar-refractivity contribution in [3.63, 3.8) is 0 Å². The molecule has 0 spiro atoms. The van der Waals surface area contributed by atoms with E-state index < -0.39 is 0 Å². The first-order valence-corrected chi connectivity index (χ1v) is 6.48. The first-order chi connectivity index (χ1) is 9.06. The van der Waals surface area contributed by atoms with Crippen molar-refractivity contribution in [2.24, 2.45) is 7.05 Å². The van der Waals surface area contributed by atoms with Gasteiger partial charge in [0, 0.05) is 31.4 Å². The van der Waals surface area contributed by atoms with Crippen LogP contribution >= 0.6 is 0 Å². The van der Waals surface area contributed by atoms with E-state index in [9.17, 15) is 0 Å². The van der Waals surface area contributed by atoms with Crippen molar-refractivity contribution in [2.45, 2.75) is 33.1 Å². The maximum Gasteiger partial charge on any atom is 0.223 e. The van der Waals surface area contributed by atoms with E-state index in [0.29, 0.717) is 11.9 Å². The predicted octanol–water partition coefficient (Wildman–Crippen LogP) is 1.69. The van der Waals surface area contributed by atoms with Gasteiger partial charge in [-0.15, -0.1) is 10.2 Å². The van der Waals surface area contributed by atoms with Gasteiger partial charge in [0.25, 0.3) is 0 Å². The van der Waals surface area contributed by atoms with Crippen molar-refractivity contribution in [1.82, 2.24) is 24.7 Å². The average Bonchev–Trinajstić information content (AvgIpc) is 2.74. The summed E-state index contributed by atoms with van der Waals surface area (Å²) in [6, 6.07) is 2.03. The summed E-state index contributed by atoms with van der Waals surface area (Å²) < 4.78 is 1.92. The molecule has 0 saturated heterocycles. The molecule has 0 saturated carbocycles. The second-order valence-electron chi connectivity index (χ2n) is 4.95. The molecule has 2 rings (SSSR count). The van der Waals surface area contributed by atoms with E-state index in [0.717, 1.165) is 30.2 Å². The Hall–Kier alpha value is -1.98. The smallest absolute Gasteiger partial charge is 0.223 e. The Morgan fingerprint density at radius 2 is 2.11 bits per heavy atom. The molecule has 0 fully saturated rings. The zero-order valence-corrected chi connectivity index (χ0v) is 11.9. The van der Waals surface area contributed by atoms with Gasteiger partial charge in [0.1, 0.15) is 12.2 Å². The molecule has 19 heavy (non-hydrogen) atoms. The van der Waals surface area contributed by atoms with Gasteiger partial charge in [0.2, 0.25) is 5.95 Å². The lowest BCUT2D eigenvalue weighted by molar-refractivity contribution is 0.778. The number of hydrogen-bond donors (Lipinski definition) is 1. The summed E-state index contributed by atoms with van der Waals surface area (Å²) in [5.41, 5.74) is 2.05. The minimum Gasteiger partial charge on any atom is -0.354 e. The van der Waals surface area contributed by atoms with Gasteiger partial charge in [-0.3, -0.25) is 0 Å². The van der Waals surface area contributed by atoms with Gasteiger partial charge in [0.05, 0.1) is 0 Å². The van der Waals surface area contributed by atoms with Gasteiger partial charge < -0.3 is 9.88 Å². The van der Waals surface area contributed by atoms with Crippen molar-refractivity contribution in [1.29, 1.82) is 0 Å². The van der Waals surface area contributed by atoms with Crippen LogP contribution in [0.25, 0.3) is 0 Å². The van der Waals surface area contributed by atoms with E-state index in [2.05, 4.69) is 39.3 Å². The standard InChI is InChI=1S/C13H20N6/c1-9(2)11-7-10(3)16-13(17-11)14-6-5-12-18-15-8-19(12)4/h7-9H,5-6H2,1-4H3,(H,14,16,17). The van der Waals surface area contributed by atoms with Crippen molar-refractivity contribution < 1.29 is 0 Å². The van der Waals surface area contributed by atoms with Crippen molar-refractivity contribution >= 4 is 5.95 Å². The number of anilines is 1. The zero-order valence-electron chi connectivity index (χ0n) is 11.9. The second-order valence-corrected chi connectivity index (χ2v) is 4.95. The molecule has 0 amide bonds. The normalized spacial score (nSPS) is 11.0. The van der Waals surface area contributed by atoms with Crippen LogP contribution in [0.3, 0.4) is 0 Å². The lowest BCUT2D eigenvalue weighted by Gasteiger charge is -2.09. The lowest BCUT2D eigenvalue weighted by Crippen LogP contribution is -2.12. The Kier molecular flexibility index (Phi) is 4.09. The fourth-order valence-corrected chi connectivity index (χ4v) is 1.79. The molecule has 102 valence electrons. The van der Waals surface area contributed by atoms with Crippen LogP contribution in [-0.2, 0) is 13.5 Å². The first-order valence-electron chi connectivity index (χ1n) is 6.48. The summed E-state index contributed by atoms with van der Waals surface area (Å²) in [6.07, 6.45) is 2.50. The van der Waals surface area contributed by atoms with Gasteiger partial charge in [0.15, 0.2) is 0 Å². The molecule has 0 aromatic carbocycles. The van der Waals surface area contributed by atoms with Crippen LogP contribution in [0.5, 0.6) is 0 Å². The van der Waals surface area contributed by atoms with Gasteiger partial charge in [-0.25, -0.2) is 9.97 Å². The summed E-state index contributed by atoms with van der Waals surface area (Å²) in [4.78, 5) is 8.90. The Balaban J connectivity index is 1.98. The predicted molar refractivity (Wildman–Crippen MR) is 74.1 cm³/mol. The summed E-state index contributed by atoms with van der Waals surface area (Å²) >= 11 is 0. The topological polar surface area (TPSA) is 68.5 Å². The van der Waals surface area contributed by atoms with E-state index in [4.69, 9.17) is 0 Å². The Morgan fingerprint density at radius 3 is 2.74 bits per heavy atom. The lowest BCUT2D eigenvalue weighted by atomic mass is 10.1. The zero-order chi connectivity index (χ0) is 13.8. The molecule has 1 N–H and O–H groups in total. The minimum atomic E-state index is 0.404. The molecule has 2 heterocycles. The monoisotopic (exact) mass is 260 g/mol. The highest BCUT2D eigenvalue weighted by atomic mass is 15.2. The fourth-order valence-electron chi connectivity index (χ4n) is 1.79. The molecule has 0 aliphatic heterocycles. The van der Waals surface area contributed by atoms with Crippen LogP contribution in [0, 0.1) is 6.92 Å². The van der Waals surface area contributed by atoms with Crippen molar-refractivity contribution in [3.05, 3.63) is 29.6 Å². The average molecular weight is 260 g/mol. The number of nitrogens with one attached hydrogen (secondary N) is 1. The molecule has 0 aliphatic rings. The molecule has 0 aliphatic carbocycles. The quantitative estimate of drug-likeness (QED) is 0.886. The largest absolute Gasteiger partial charge is 0.354 e. The van der Waals surface area contributed by atoms with Gasteiger partial charge in [-0.1, -0.05) is 13.8 Å². The highest BCUT2D eigenvalue weighted by molar-refractivity contribution is 5.29. The molecular formula is C13H20N6. The molecule has 0 radical (unpaired) electrons. The van der Waals surface area contributed by atoms with Crippen LogP contribution < -0.4 is 5.32 Å². The fraction of sp³-hybridized carbons (Fsp3) is 0.538. The molecule has 2 aromatic rings. The van der Waals surface area contributed by atoms with Crippen molar-refractivity contribution in [3.8, 4) is 0 Å². The third kappa shape index (κ3) is 3.49. The van der Waals surface area contributed by atoms with Crippen LogP contribution in [0.15, 0.2) is 12.4 Å². The van der Waals surface area contributed by atoms with Crippen LogP contribution in [-0.4, -0.2) is 31.3 Å². The number of nitrogens with zero attached hydrogens (tertiary/aromatic N) is 5. The van der Waals surface area contributed by atoms with Crippen LogP contribution in [0.2, 0.25) is 0 Å². The van der Waals surface area contributed by atoms with Crippen LogP contribution in [0.4, 0.5) is 5.95 Å². The maximum absolute atomic E-state index is 4.51. The molecule has 2 aromatic heterocycles. The number of aryl methyl sites for hydroxylation is 2. The molecule has 6 nitrogen and oxygen atoms in total. The van der Waals surface area contributed by atoms with Gasteiger partial charge >= 0.3 is 0 Å². The third-order valence-corrected chi connectivity index (χ3v) is 2.90. The van der Waals surface area contributed by atoms with E-state index in [-0.39, 0.29) is 0 Å². The molecule has 0 bridgehead atoms. The summed E-state index contributed by atoms with van der Waals surface area (Å²) in [5, 5.41) is 11.1. The van der Waals surface area contributed by atoms with E-state index in [1.165, 1.54) is 0 Å². The number of hydrogen-bond acceptors (Lipinski definition) is 5. The van der Waals surface area contributed by atoms with Crippen molar-refractivity contribution in [2.75, 3.05) is 11.9 Å². The Morgan fingerprint density at radius 1 is 1.32 bits per heavy atom. The summed E-state index contributed by atoms with van der Waals surface area (Å²) in [5.74, 6) is 2.04. The summed E-state index contributed by atoms with van der Waals surface area (Å²) in [6.45, 7) is 6.99. The van der Waals surface area contributed by atoms with Gasteiger partial charge in [-0.2, -0.15) is 0 Å². The summed E-state index contributed by atoms with van der Waals surface area (Å²) in [7, 11) is 1.94. The maximum atomic E-state index is 4.51.